The van der Waals surface area contributed by atoms with E-state index in [1.165, 1.54) is 6.92 Å². The van der Waals surface area contributed by atoms with Gasteiger partial charge in [0.25, 0.3) is 5.91 Å². The number of nitrogens with one attached hydrogen (secondary N) is 1. The van der Waals surface area contributed by atoms with Crippen molar-refractivity contribution in [3.8, 4) is 5.75 Å². The van der Waals surface area contributed by atoms with E-state index < -0.39 is 17.8 Å². The van der Waals surface area contributed by atoms with Crippen LogP contribution in [0, 0.1) is 6.92 Å². The van der Waals surface area contributed by atoms with Crippen molar-refractivity contribution in [1.82, 2.24) is 15.3 Å². The lowest BCUT2D eigenvalue weighted by Crippen LogP contribution is -2.25. The molecule has 2 aromatic rings. The summed E-state index contributed by atoms with van der Waals surface area (Å²) in [6, 6.07) is 7.25. The molecule has 6 nitrogen and oxygen atoms in total. The van der Waals surface area contributed by atoms with E-state index in [2.05, 4.69) is 15.3 Å². The van der Waals surface area contributed by atoms with Crippen molar-refractivity contribution in [2.24, 2.45) is 5.73 Å². The van der Waals surface area contributed by atoms with Gasteiger partial charge in [0.1, 0.15) is 17.3 Å². The van der Waals surface area contributed by atoms with Gasteiger partial charge >= 0.3 is 6.18 Å². The highest BCUT2D eigenvalue weighted by atomic mass is 19.4. The number of aromatic nitrogens is 2. The molecule has 2 rings (SSSR count). The molecule has 26 heavy (non-hydrogen) atoms. The Hall–Kier alpha value is -2.68. The molecule has 0 saturated carbocycles. The van der Waals surface area contributed by atoms with Crippen LogP contribution < -0.4 is 15.8 Å². The minimum atomic E-state index is -4.56. The average molecular weight is 368 g/mol. The molecule has 0 saturated heterocycles. The summed E-state index contributed by atoms with van der Waals surface area (Å²) in [5.41, 5.74) is 4.86. The van der Waals surface area contributed by atoms with Gasteiger partial charge in [-0.25, -0.2) is 9.97 Å². The lowest BCUT2D eigenvalue weighted by Gasteiger charge is -2.10. The third-order valence-electron chi connectivity index (χ3n) is 3.33. The predicted octanol–water partition coefficient (Wildman–Crippen LogP) is 2.46. The Morgan fingerprint density at radius 2 is 1.92 bits per heavy atom. The first-order chi connectivity index (χ1) is 12.3. The number of nitrogens with zero attached hydrogens (tertiary/aromatic N) is 2. The van der Waals surface area contributed by atoms with E-state index >= 15 is 0 Å². The molecule has 9 heteroatoms. The highest BCUT2D eigenvalue weighted by Gasteiger charge is 2.33. The molecular weight excluding hydrogens is 349 g/mol. The quantitative estimate of drug-likeness (QED) is 0.733. The molecule has 0 aliphatic rings. The second-order valence-electron chi connectivity index (χ2n) is 5.51. The van der Waals surface area contributed by atoms with Gasteiger partial charge < -0.3 is 15.8 Å². The van der Waals surface area contributed by atoms with Crippen molar-refractivity contribution in [3.05, 3.63) is 53.1 Å². The van der Waals surface area contributed by atoms with Crippen molar-refractivity contribution in [2.75, 3.05) is 13.2 Å². The van der Waals surface area contributed by atoms with Crippen LogP contribution in [0.25, 0.3) is 0 Å². The molecule has 1 amide bonds. The van der Waals surface area contributed by atoms with Crippen molar-refractivity contribution >= 4 is 5.91 Å². The zero-order valence-corrected chi connectivity index (χ0v) is 14.1. The summed E-state index contributed by atoms with van der Waals surface area (Å²) in [4.78, 5) is 19.5. The second-order valence-corrected chi connectivity index (χ2v) is 5.51. The Labute approximate surface area is 148 Å². The van der Waals surface area contributed by atoms with Gasteiger partial charge in [-0.3, -0.25) is 4.79 Å². The van der Waals surface area contributed by atoms with Crippen LogP contribution in [0.3, 0.4) is 0 Å². The van der Waals surface area contributed by atoms with Crippen LogP contribution in [-0.2, 0) is 12.7 Å². The van der Waals surface area contributed by atoms with Gasteiger partial charge in [-0.1, -0.05) is 0 Å². The van der Waals surface area contributed by atoms with E-state index in [0.29, 0.717) is 24.5 Å². The highest BCUT2D eigenvalue weighted by molar-refractivity contribution is 5.94. The number of benzene rings is 1. The molecule has 1 aromatic heterocycles. The molecule has 0 unspecified atom stereocenters. The number of aryl methyl sites for hydroxylation is 1. The molecule has 1 aromatic carbocycles. The molecule has 0 bridgehead atoms. The van der Waals surface area contributed by atoms with Crippen LogP contribution in [0.2, 0.25) is 0 Å². The van der Waals surface area contributed by atoms with Crippen LogP contribution in [0.4, 0.5) is 13.2 Å². The smallest absolute Gasteiger partial charge is 0.433 e. The largest absolute Gasteiger partial charge is 0.494 e. The summed E-state index contributed by atoms with van der Waals surface area (Å²) in [7, 11) is 0. The number of carbonyl (C=O) groups excluding carboxylic acids is 1. The van der Waals surface area contributed by atoms with Gasteiger partial charge in [0, 0.05) is 11.3 Å². The van der Waals surface area contributed by atoms with Gasteiger partial charge in [-0.15, -0.1) is 0 Å². The molecule has 0 fully saturated rings. The topological polar surface area (TPSA) is 90.1 Å². The second kappa shape index (κ2) is 8.61. The van der Waals surface area contributed by atoms with E-state index in [1.54, 1.807) is 24.3 Å². The Morgan fingerprint density at radius 1 is 1.23 bits per heavy atom. The molecule has 0 spiro atoms. The Balaban J connectivity index is 1.97. The van der Waals surface area contributed by atoms with Crippen LogP contribution in [0.15, 0.2) is 30.3 Å². The van der Waals surface area contributed by atoms with Crippen LogP contribution >= 0.6 is 0 Å². The van der Waals surface area contributed by atoms with Crippen molar-refractivity contribution < 1.29 is 22.7 Å². The maximum atomic E-state index is 12.8. The lowest BCUT2D eigenvalue weighted by atomic mass is 10.2. The normalized spacial score (nSPS) is 11.3. The number of amides is 1. The minimum absolute atomic E-state index is 0.104. The number of halogens is 3. The summed E-state index contributed by atoms with van der Waals surface area (Å²) >= 11 is 0. The third-order valence-corrected chi connectivity index (χ3v) is 3.33. The molecule has 3 N–H and O–H groups in total. The number of ether oxygens (including phenoxy) is 1. The van der Waals surface area contributed by atoms with E-state index in [1.807, 2.05) is 0 Å². The van der Waals surface area contributed by atoms with Gasteiger partial charge in [0.2, 0.25) is 0 Å². The van der Waals surface area contributed by atoms with E-state index in [4.69, 9.17) is 10.5 Å². The maximum absolute atomic E-state index is 12.8. The predicted molar refractivity (Wildman–Crippen MR) is 88.5 cm³/mol. The summed E-state index contributed by atoms with van der Waals surface area (Å²) in [6.07, 6.45) is -3.84. The van der Waals surface area contributed by atoms with Crippen molar-refractivity contribution in [1.29, 1.82) is 0 Å². The molecule has 0 radical (unpaired) electrons. The zero-order valence-electron chi connectivity index (χ0n) is 14.1. The lowest BCUT2D eigenvalue weighted by molar-refractivity contribution is -0.141. The number of nitrogens with two attached hydrogens (primary N) is 1. The van der Waals surface area contributed by atoms with Gasteiger partial charge in [0.15, 0.2) is 0 Å². The summed E-state index contributed by atoms with van der Waals surface area (Å²) in [5.74, 6) is 0.0522. The number of carbonyl (C=O) groups is 1. The number of alkyl halides is 3. The Bertz CT molecular complexity index is 749. The summed E-state index contributed by atoms with van der Waals surface area (Å²) < 4.78 is 43.7. The van der Waals surface area contributed by atoms with Crippen molar-refractivity contribution in [3.63, 3.8) is 0 Å². The van der Waals surface area contributed by atoms with Crippen LogP contribution in [-0.4, -0.2) is 29.0 Å². The standard InChI is InChI=1S/C17H19F3N4O2/c1-11-9-14(17(18,19)20)24-15(23-11)10-22-16(25)12-3-5-13(6-4-12)26-8-2-7-21/h3-6,9H,2,7-8,10,21H2,1H3,(H,22,25). The van der Waals surface area contributed by atoms with Crippen LogP contribution in [0.1, 0.15) is 34.0 Å². The molecule has 0 atom stereocenters. The van der Waals surface area contributed by atoms with E-state index in [-0.39, 0.29) is 18.1 Å². The molecule has 140 valence electrons. The van der Waals surface area contributed by atoms with Gasteiger partial charge in [0.05, 0.1) is 13.2 Å². The van der Waals surface area contributed by atoms with Gasteiger partial charge in [-0.05, 0) is 50.2 Å². The Kier molecular flexibility index (Phi) is 6.51. The van der Waals surface area contributed by atoms with Gasteiger partial charge in [-0.2, -0.15) is 13.2 Å². The molecule has 0 aliphatic heterocycles. The first kappa shape index (κ1) is 19.6. The summed E-state index contributed by atoms with van der Waals surface area (Å²) in [6.45, 7) is 2.23. The molecular formula is C17H19F3N4O2. The highest BCUT2D eigenvalue weighted by Crippen LogP contribution is 2.27. The fraction of sp³-hybridized carbons (Fsp3) is 0.353. The number of rotatable bonds is 7. The number of hydrogen-bond acceptors (Lipinski definition) is 5. The Morgan fingerprint density at radius 3 is 2.54 bits per heavy atom. The minimum Gasteiger partial charge on any atom is -0.494 e. The molecule has 1 heterocycles. The first-order valence-corrected chi connectivity index (χ1v) is 7.92. The van der Waals surface area contributed by atoms with E-state index in [0.717, 1.165) is 12.5 Å². The molecule has 0 aliphatic carbocycles. The number of hydrogen-bond donors (Lipinski definition) is 2. The third kappa shape index (κ3) is 5.69. The van der Waals surface area contributed by atoms with E-state index in [9.17, 15) is 18.0 Å². The summed E-state index contributed by atoms with van der Waals surface area (Å²) in [5, 5.41) is 2.50. The fourth-order valence-corrected chi connectivity index (χ4v) is 2.09. The average Bonchev–Trinajstić information content (AvgIpc) is 2.59. The fourth-order valence-electron chi connectivity index (χ4n) is 2.09. The zero-order chi connectivity index (χ0) is 19.2. The maximum Gasteiger partial charge on any atom is 0.433 e. The van der Waals surface area contributed by atoms with Crippen molar-refractivity contribution in [2.45, 2.75) is 26.1 Å². The monoisotopic (exact) mass is 368 g/mol. The first-order valence-electron chi connectivity index (χ1n) is 7.92. The SMILES string of the molecule is Cc1cc(C(F)(F)F)nc(CNC(=O)c2ccc(OCCCN)cc2)n1. The van der Waals surface area contributed by atoms with Crippen LogP contribution in [0.5, 0.6) is 5.75 Å².